The summed E-state index contributed by atoms with van der Waals surface area (Å²) in [5.41, 5.74) is 0.111. The van der Waals surface area contributed by atoms with E-state index in [0.717, 1.165) is 0 Å². The number of hydrogen-bond acceptors (Lipinski definition) is 5. The standard InChI is InChI=1S/C33H42O5Si/c1-24-33(5,6)30(35-7)29(38-31(34)25-17-11-8-12-18-25)28(37-24)23-36-39(32(2,3)4,26-19-13-9-14-20-26)27-21-15-10-16-22-27/h8-22,24,28-30H,23H2,1-7H3/t24-,28+,29-,30+/m0/s1. The minimum absolute atomic E-state index is 0.137. The van der Waals surface area contributed by atoms with Crippen molar-refractivity contribution < 1.29 is 23.4 Å². The Morgan fingerprint density at radius 2 is 1.36 bits per heavy atom. The second-order valence-corrected chi connectivity index (χ2v) is 16.3. The van der Waals surface area contributed by atoms with Crippen LogP contribution in [0.2, 0.25) is 5.04 Å². The molecule has 1 aliphatic heterocycles. The molecule has 5 nitrogen and oxygen atoms in total. The van der Waals surface area contributed by atoms with Gasteiger partial charge in [-0.25, -0.2) is 4.79 Å². The van der Waals surface area contributed by atoms with Gasteiger partial charge in [-0.15, -0.1) is 0 Å². The molecule has 6 heteroatoms. The molecule has 1 aliphatic rings. The third-order valence-electron chi connectivity index (χ3n) is 8.21. The molecule has 0 radical (unpaired) electrons. The first kappa shape index (κ1) is 29.2. The Morgan fingerprint density at radius 3 is 1.82 bits per heavy atom. The van der Waals surface area contributed by atoms with E-state index in [1.54, 1.807) is 19.2 Å². The van der Waals surface area contributed by atoms with Crippen molar-refractivity contribution >= 4 is 24.7 Å². The van der Waals surface area contributed by atoms with Gasteiger partial charge in [0.2, 0.25) is 0 Å². The Bertz CT molecular complexity index is 1170. The predicted octanol–water partition coefficient (Wildman–Crippen LogP) is 5.62. The number of esters is 1. The van der Waals surface area contributed by atoms with E-state index >= 15 is 0 Å². The number of hydrogen-bond donors (Lipinski definition) is 0. The van der Waals surface area contributed by atoms with Gasteiger partial charge in [0.05, 0.1) is 18.3 Å². The number of rotatable bonds is 8. The van der Waals surface area contributed by atoms with Crippen molar-refractivity contribution in [2.24, 2.45) is 5.41 Å². The van der Waals surface area contributed by atoms with Crippen LogP contribution in [-0.2, 0) is 18.6 Å². The fourth-order valence-corrected chi connectivity index (χ4v) is 10.4. The van der Waals surface area contributed by atoms with Crippen molar-refractivity contribution in [1.82, 2.24) is 0 Å². The molecule has 0 amide bonds. The number of carbonyl (C=O) groups is 1. The van der Waals surface area contributed by atoms with Crippen LogP contribution in [0.15, 0.2) is 91.0 Å². The van der Waals surface area contributed by atoms with Crippen LogP contribution < -0.4 is 10.4 Å². The zero-order valence-corrected chi connectivity index (χ0v) is 25.2. The third kappa shape index (κ3) is 5.75. The average Bonchev–Trinajstić information content (AvgIpc) is 2.92. The highest BCUT2D eigenvalue weighted by Gasteiger charge is 2.54. The summed E-state index contributed by atoms with van der Waals surface area (Å²) in [4.78, 5) is 13.3. The normalized spacial score (nSPS) is 23.3. The summed E-state index contributed by atoms with van der Waals surface area (Å²) in [6.07, 6.45) is -1.66. The van der Waals surface area contributed by atoms with Gasteiger partial charge in [0.1, 0.15) is 12.2 Å². The van der Waals surface area contributed by atoms with E-state index in [9.17, 15) is 4.79 Å². The van der Waals surface area contributed by atoms with Crippen LogP contribution in [-0.4, -0.2) is 52.4 Å². The van der Waals surface area contributed by atoms with Crippen molar-refractivity contribution in [2.75, 3.05) is 13.7 Å². The molecule has 4 rings (SSSR count). The SMILES string of the molecule is CO[C@@H]1[C@@H](OC(=O)c2ccccc2)[C@@H](CO[Si](c2ccccc2)(c2ccccc2)C(C)(C)C)O[C@@H](C)C1(C)C. The van der Waals surface area contributed by atoms with Gasteiger partial charge in [0.15, 0.2) is 6.10 Å². The fourth-order valence-electron chi connectivity index (χ4n) is 5.81. The van der Waals surface area contributed by atoms with Crippen LogP contribution in [0.25, 0.3) is 0 Å². The molecule has 39 heavy (non-hydrogen) atoms. The zero-order valence-electron chi connectivity index (χ0n) is 24.2. The molecule has 1 fully saturated rings. The van der Waals surface area contributed by atoms with Crippen LogP contribution in [0.4, 0.5) is 0 Å². The molecule has 208 valence electrons. The summed E-state index contributed by atoms with van der Waals surface area (Å²) >= 11 is 0. The summed E-state index contributed by atoms with van der Waals surface area (Å²) in [6.45, 7) is 13.2. The van der Waals surface area contributed by atoms with Gasteiger partial charge >= 0.3 is 5.97 Å². The zero-order chi connectivity index (χ0) is 28.3. The van der Waals surface area contributed by atoms with Crippen molar-refractivity contribution in [3.63, 3.8) is 0 Å². The van der Waals surface area contributed by atoms with E-state index in [1.165, 1.54) is 10.4 Å². The van der Waals surface area contributed by atoms with E-state index < -0.39 is 26.5 Å². The van der Waals surface area contributed by atoms with Gasteiger partial charge in [-0.05, 0) is 34.5 Å². The Labute approximate surface area is 234 Å². The molecular weight excluding hydrogens is 504 g/mol. The van der Waals surface area contributed by atoms with Crippen LogP contribution in [0, 0.1) is 5.41 Å². The fraction of sp³-hybridized carbons (Fsp3) is 0.424. The van der Waals surface area contributed by atoms with Gasteiger partial charge in [0.25, 0.3) is 8.32 Å². The van der Waals surface area contributed by atoms with Crippen LogP contribution >= 0.6 is 0 Å². The highest BCUT2D eigenvalue weighted by atomic mass is 28.4. The lowest BCUT2D eigenvalue weighted by molar-refractivity contribution is -0.237. The quantitative estimate of drug-likeness (QED) is 0.271. The first-order valence-corrected chi connectivity index (χ1v) is 15.6. The maximum Gasteiger partial charge on any atom is 0.338 e. The lowest BCUT2D eigenvalue weighted by atomic mass is 9.75. The second kappa shape index (κ2) is 11.8. The van der Waals surface area contributed by atoms with E-state index in [1.807, 2.05) is 30.3 Å². The van der Waals surface area contributed by atoms with Gasteiger partial charge in [-0.1, -0.05) is 113 Å². The largest absolute Gasteiger partial charge is 0.453 e. The topological polar surface area (TPSA) is 54.0 Å². The highest BCUT2D eigenvalue weighted by molar-refractivity contribution is 6.99. The minimum atomic E-state index is -2.82. The van der Waals surface area contributed by atoms with Gasteiger partial charge < -0.3 is 18.6 Å². The Hall–Kier alpha value is -2.77. The van der Waals surface area contributed by atoms with Gasteiger partial charge in [-0.2, -0.15) is 0 Å². The van der Waals surface area contributed by atoms with E-state index in [2.05, 4.69) is 90.1 Å². The van der Waals surface area contributed by atoms with Crippen LogP contribution in [0.3, 0.4) is 0 Å². The summed E-state index contributed by atoms with van der Waals surface area (Å²) in [6, 6.07) is 30.1. The molecule has 1 heterocycles. The highest BCUT2D eigenvalue weighted by Crippen LogP contribution is 2.41. The molecule has 0 aromatic heterocycles. The molecule has 0 saturated carbocycles. The number of ether oxygens (including phenoxy) is 3. The molecule has 0 aliphatic carbocycles. The Balaban J connectivity index is 1.74. The molecule has 1 saturated heterocycles. The van der Waals surface area contributed by atoms with E-state index in [0.29, 0.717) is 5.56 Å². The maximum absolute atomic E-state index is 13.3. The first-order valence-electron chi connectivity index (χ1n) is 13.7. The Kier molecular flexibility index (Phi) is 8.81. The molecule has 0 spiro atoms. The maximum atomic E-state index is 13.3. The molecule has 4 atom stereocenters. The van der Waals surface area contributed by atoms with Crippen molar-refractivity contribution in [3.8, 4) is 0 Å². The first-order chi connectivity index (χ1) is 18.5. The second-order valence-electron chi connectivity index (χ2n) is 12.0. The van der Waals surface area contributed by atoms with E-state index in [-0.39, 0.29) is 29.3 Å². The third-order valence-corrected chi connectivity index (χ3v) is 13.2. The summed E-state index contributed by atoms with van der Waals surface area (Å²) < 4.78 is 26.0. The van der Waals surface area contributed by atoms with Crippen LogP contribution in [0.5, 0.6) is 0 Å². The summed E-state index contributed by atoms with van der Waals surface area (Å²) in [5.74, 6) is -0.396. The Morgan fingerprint density at radius 1 is 0.872 bits per heavy atom. The molecular formula is C33H42O5Si. The molecule has 0 N–H and O–H groups in total. The average molecular weight is 547 g/mol. The number of carbonyl (C=O) groups excluding carboxylic acids is 1. The smallest absolute Gasteiger partial charge is 0.338 e. The minimum Gasteiger partial charge on any atom is -0.453 e. The lowest BCUT2D eigenvalue weighted by Crippen LogP contribution is -2.68. The summed E-state index contributed by atoms with van der Waals surface area (Å²) in [5, 5.41) is 2.19. The lowest BCUT2D eigenvalue weighted by Gasteiger charge is -2.51. The number of methoxy groups -OCH3 is 1. The molecule has 3 aromatic rings. The van der Waals surface area contributed by atoms with Crippen molar-refractivity contribution in [2.45, 2.75) is 71.0 Å². The van der Waals surface area contributed by atoms with Gasteiger partial charge in [-0.3, -0.25) is 0 Å². The molecule has 0 bridgehead atoms. The number of benzene rings is 3. The van der Waals surface area contributed by atoms with Crippen molar-refractivity contribution in [1.29, 1.82) is 0 Å². The van der Waals surface area contributed by atoms with Crippen LogP contribution in [0.1, 0.15) is 51.9 Å². The monoisotopic (exact) mass is 546 g/mol. The molecule has 0 unspecified atom stereocenters. The van der Waals surface area contributed by atoms with Crippen molar-refractivity contribution in [3.05, 3.63) is 96.6 Å². The predicted molar refractivity (Wildman–Crippen MR) is 158 cm³/mol. The molecule has 3 aromatic carbocycles. The summed E-state index contributed by atoms with van der Waals surface area (Å²) in [7, 11) is -1.14. The van der Waals surface area contributed by atoms with E-state index in [4.69, 9.17) is 18.6 Å². The van der Waals surface area contributed by atoms with Gasteiger partial charge in [0, 0.05) is 12.5 Å².